The van der Waals surface area contributed by atoms with E-state index in [2.05, 4.69) is 0 Å². The molecule has 0 aromatic rings. The van der Waals surface area contributed by atoms with Crippen LogP contribution in [-0.2, 0) is 23.9 Å². The van der Waals surface area contributed by atoms with Crippen LogP contribution in [0.15, 0.2) is 11.1 Å². The Morgan fingerprint density at radius 3 is 2.48 bits per heavy atom. The van der Waals surface area contributed by atoms with Crippen LogP contribution in [0.1, 0.15) is 60.3 Å². The molecule has 2 N–H and O–H groups in total. The third-order valence-electron chi connectivity index (χ3n) is 8.45. The van der Waals surface area contributed by atoms with Crippen molar-refractivity contribution in [3.05, 3.63) is 11.1 Å². The van der Waals surface area contributed by atoms with E-state index < -0.39 is 52.6 Å². The third kappa shape index (κ3) is 2.53. The first-order valence-corrected chi connectivity index (χ1v) is 10.4. The highest BCUT2D eigenvalue weighted by molar-refractivity contribution is 5.92. The number of aliphatic hydroxyl groups excluding tert-OH is 1. The van der Waals surface area contributed by atoms with Crippen LogP contribution in [0.3, 0.4) is 0 Å². The van der Waals surface area contributed by atoms with Crippen LogP contribution < -0.4 is 0 Å². The molecule has 7 atom stereocenters. The molecule has 29 heavy (non-hydrogen) atoms. The Hall–Kier alpha value is -1.73. The van der Waals surface area contributed by atoms with Gasteiger partial charge in [-0.15, -0.1) is 0 Å². The number of fused-ring (bicyclic) bond motifs is 4. The Labute approximate surface area is 170 Å². The number of carbonyl (C=O) groups excluding carboxylic acids is 3. The summed E-state index contributed by atoms with van der Waals surface area (Å²) >= 11 is 0. The first-order valence-electron chi connectivity index (χ1n) is 10.4. The molecule has 0 radical (unpaired) electrons. The highest BCUT2D eigenvalue weighted by atomic mass is 16.6. The molecule has 7 heteroatoms. The van der Waals surface area contributed by atoms with E-state index in [9.17, 15) is 24.6 Å². The zero-order valence-corrected chi connectivity index (χ0v) is 17.7. The van der Waals surface area contributed by atoms with Gasteiger partial charge in [-0.05, 0) is 32.1 Å². The molecule has 4 aliphatic rings. The van der Waals surface area contributed by atoms with E-state index in [0.717, 1.165) is 0 Å². The molecule has 1 aliphatic heterocycles. The van der Waals surface area contributed by atoms with E-state index in [1.165, 1.54) is 6.92 Å². The van der Waals surface area contributed by atoms with Crippen LogP contribution >= 0.6 is 0 Å². The van der Waals surface area contributed by atoms with Crippen LogP contribution in [0.2, 0.25) is 0 Å². The zero-order valence-electron chi connectivity index (χ0n) is 17.7. The number of rotatable bonds is 1. The van der Waals surface area contributed by atoms with Crippen molar-refractivity contribution in [3.8, 4) is 0 Å². The maximum atomic E-state index is 13.5. The molecule has 3 aliphatic carbocycles. The molecular formula is C22H30O7. The topological polar surface area (TPSA) is 110 Å². The van der Waals surface area contributed by atoms with Gasteiger partial charge in [-0.3, -0.25) is 9.59 Å². The number of hydrogen-bond donors (Lipinski definition) is 2. The second-order valence-corrected chi connectivity index (χ2v) is 10.1. The zero-order chi connectivity index (χ0) is 21.5. The van der Waals surface area contributed by atoms with Crippen molar-refractivity contribution in [1.29, 1.82) is 0 Å². The summed E-state index contributed by atoms with van der Waals surface area (Å²) in [4.78, 5) is 37.1. The molecule has 160 valence electrons. The lowest BCUT2D eigenvalue weighted by Crippen LogP contribution is -2.70. The van der Waals surface area contributed by atoms with Gasteiger partial charge in [0.05, 0.1) is 5.60 Å². The molecule has 1 heterocycles. The van der Waals surface area contributed by atoms with Gasteiger partial charge in [0.25, 0.3) is 0 Å². The van der Waals surface area contributed by atoms with E-state index in [1.54, 1.807) is 6.92 Å². The summed E-state index contributed by atoms with van der Waals surface area (Å²) in [6, 6.07) is 0. The van der Waals surface area contributed by atoms with Gasteiger partial charge < -0.3 is 19.7 Å². The molecule has 3 saturated carbocycles. The minimum absolute atomic E-state index is 0.0723. The fourth-order valence-electron chi connectivity index (χ4n) is 6.87. The molecule has 7 unspecified atom stereocenters. The smallest absolute Gasteiger partial charge is 0.334 e. The van der Waals surface area contributed by atoms with E-state index in [4.69, 9.17) is 9.47 Å². The van der Waals surface area contributed by atoms with Crippen molar-refractivity contribution in [2.24, 2.45) is 22.7 Å². The summed E-state index contributed by atoms with van der Waals surface area (Å²) in [6.45, 7) is 8.83. The third-order valence-corrected chi connectivity index (χ3v) is 8.45. The number of hydrogen-bond acceptors (Lipinski definition) is 7. The highest BCUT2D eigenvalue weighted by Crippen LogP contribution is 2.65. The number of esters is 2. The molecule has 3 fully saturated rings. The van der Waals surface area contributed by atoms with Gasteiger partial charge in [-0.1, -0.05) is 20.8 Å². The maximum absolute atomic E-state index is 13.5. The number of ether oxygens (including phenoxy) is 2. The monoisotopic (exact) mass is 406 g/mol. The number of ketones is 1. The predicted octanol–water partition coefficient (Wildman–Crippen LogP) is 1.69. The minimum Gasteiger partial charge on any atom is -0.462 e. The average molecular weight is 406 g/mol. The molecule has 4 rings (SSSR count). The van der Waals surface area contributed by atoms with Gasteiger partial charge in [0.15, 0.2) is 0 Å². The first-order chi connectivity index (χ1) is 13.3. The largest absolute Gasteiger partial charge is 0.462 e. The molecule has 7 nitrogen and oxygen atoms in total. The van der Waals surface area contributed by atoms with Crippen LogP contribution in [0.25, 0.3) is 0 Å². The molecule has 0 saturated heterocycles. The molecular weight excluding hydrogens is 376 g/mol. The summed E-state index contributed by atoms with van der Waals surface area (Å²) in [5.41, 5.74) is -2.07. The van der Waals surface area contributed by atoms with Gasteiger partial charge in [-0.25, -0.2) is 4.79 Å². The van der Waals surface area contributed by atoms with Crippen molar-refractivity contribution in [1.82, 2.24) is 0 Å². The Morgan fingerprint density at radius 1 is 1.21 bits per heavy atom. The number of aliphatic hydroxyl groups is 2. The van der Waals surface area contributed by atoms with E-state index in [0.29, 0.717) is 30.4 Å². The van der Waals surface area contributed by atoms with E-state index in [-0.39, 0.29) is 18.1 Å². The van der Waals surface area contributed by atoms with Gasteiger partial charge in [-0.2, -0.15) is 0 Å². The van der Waals surface area contributed by atoms with Gasteiger partial charge in [0.1, 0.15) is 24.1 Å². The van der Waals surface area contributed by atoms with Crippen molar-refractivity contribution in [2.75, 3.05) is 0 Å². The maximum Gasteiger partial charge on any atom is 0.334 e. The Kier molecular flexibility index (Phi) is 4.35. The lowest BCUT2D eigenvalue weighted by Gasteiger charge is -2.64. The molecule has 0 spiro atoms. The predicted molar refractivity (Wildman–Crippen MR) is 101 cm³/mol. The summed E-state index contributed by atoms with van der Waals surface area (Å²) < 4.78 is 11.0. The average Bonchev–Trinajstić information content (AvgIpc) is 2.89. The second kappa shape index (κ2) is 6.14. The lowest BCUT2D eigenvalue weighted by atomic mass is 9.41. The molecule has 0 amide bonds. The van der Waals surface area contributed by atoms with Gasteiger partial charge in [0.2, 0.25) is 0 Å². The molecule has 0 bridgehead atoms. The summed E-state index contributed by atoms with van der Waals surface area (Å²) in [5.74, 6) is -1.65. The number of carbonyl (C=O) groups is 3. The van der Waals surface area contributed by atoms with Crippen LogP contribution in [0, 0.1) is 22.7 Å². The fourth-order valence-corrected chi connectivity index (χ4v) is 6.87. The van der Waals surface area contributed by atoms with E-state index >= 15 is 0 Å². The standard InChI is InChI=1S/C22H30O7/c1-10-17-12(29-19(10)26)8-14-21(5)13(6-7-22(14,27)18(17)25)20(3,4)16(9-15(21)24)28-11(2)23/h12-14,16,18,25,27H,6-9H2,1-5H3. The van der Waals surface area contributed by atoms with Crippen LogP contribution in [0.4, 0.5) is 0 Å². The van der Waals surface area contributed by atoms with Crippen molar-refractivity contribution < 1.29 is 34.1 Å². The Bertz CT molecular complexity index is 827. The number of Topliss-reactive ketones (excluding diaryl/α,β-unsaturated/α-hetero) is 1. The Morgan fingerprint density at radius 2 is 1.86 bits per heavy atom. The summed E-state index contributed by atoms with van der Waals surface area (Å²) in [7, 11) is 0. The van der Waals surface area contributed by atoms with E-state index in [1.807, 2.05) is 20.8 Å². The normalized spacial score (nSPS) is 45.8. The molecule has 0 aromatic carbocycles. The quantitative estimate of drug-likeness (QED) is 0.638. The lowest BCUT2D eigenvalue weighted by molar-refractivity contribution is -0.234. The SMILES string of the molecule is CC(=O)OC1CC(=O)C2(C)C(CCC3(O)C(O)C4=C(C)C(=O)OC4CC32)C1(C)C. The van der Waals surface area contributed by atoms with Crippen molar-refractivity contribution >= 4 is 17.7 Å². The summed E-state index contributed by atoms with van der Waals surface area (Å²) in [5, 5.41) is 22.7. The van der Waals surface area contributed by atoms with Crippen LogP contribution in [0.5, 0.6) is 0 Å². The fraction of sp³-hybridized carbons (Fsp3) is 0.773. The summed E-state index contributed by atoms with van der Waals surface area (Å²) in [6.07, 6.45) is -1.17. The minimum atomic E-state index is -1.49. The van der Waals surface area contributed by atoms with Gasteiger partial charge >= 0.3 is 11.9 Å². The van der Waals surface area contributed by atoms with Gasteiger partial charge in [0, 0.05) is 41.2 Å². The first kappa shape index (κ1) is 20.5. The van der Waals surface area contributed by atoms with Crippen LogP contribution in [-0.4, -0.2) is 51.8 Å². The molecule has 0 aromatic heterocycles. The Balaban J connectivity index is 1.77. The van der Waals surface area contributed by atoms with Crippen molar-refractivity contribution in [3.63, 3.8) is 0 Å². The second-order valence-electron chi connectivity index (χ2n) is 10.1. The highest BCUT2D eigenvalue weighted by Gasteiger charge is 2.70. The van der Waals surface area contributed by atoms with Crippen molar-refractivity contribution in [2.45, 2.75) is 84.2 Å².